The Hall–Kier alpha value is -3.35. The summed E-state index contributed by atoms with van der Waals surface area (Å²) in [7, 11) is 3.14. The number of aryl methyl sites for hydroxylation is 1. The average molecular weight is 442 g/mol. The minimum absolute atomic E-state index is 0.00634. The summed E-state index contributed by atoms with van der Waals surface area (Å²) in [5.74, 6) is 0.480. The number of hydrogen-bond acceptors (Lipinski definition) is 6. The van der Waals surface area contributed by atoms with Crippen LogP contribution in [0.3, 0.4) is 0 Å². The van der Waals surface area contributed by atoms with E-state index in [0.717, 1.165) is 5.56 Å². The van der Waals surface area contributed by atoms with E-state index in [1.807, 2.05) is 18.2 Å². The molecule has 1 N–H and O–H groups in total. The van der Waals surface area contributed by atoms with E-state index in [1.54, 1.807) is 59.3 Å². The van der Waals surface area contributed by atoms with Gasteiger partial charge in [-0.2, -0.15) is 0 Å². The Labute approximate surface area is 189 Å². The standard InChI is InChI=1S/C25H31NO6/c1-25(2,3)32-24(29)14-13-23(28)26-19-8-6-7-18(16-19)20(27)11-9-17-10-12-21(30-4)22(15-17)31-5/h6-8,10,12,15-16H,9,11,13-14H2,1-5H3,(H,26,28). The fourth-order valence-corrected chi connectivity index (χ4v) is 3.04. The van der Waals surface area contributed by atoms with E-state index in [-0.39, 0.29) is 24.5 Å². The molecule has 0 heterocycles. The van der Waals surface area contributed by atoms with Crippen LogP contribution in [-0.2, 0) is 20.7 Å². The van der Waals surface area contributed by atoms with Crippen molar-refractivity contribution in [1.29, 1.82) is 0 Å². The summed E-state index contributed by atoms with van der Waals surface area (Å²) in [6.45, 7) is 5.33. The van der Waals surface area contributed by atoms with Gasteiger partial charge in [-0.1, -0.05) is 18.2 Å². The average Bonchev–Trinajstić information content (AvgIpc) is 2.74. The zero-order valence-corrected chi connectivity index (χ0v) is 19.3. The van der Waals surface area contributed by atoms with Crippen molar-refractivity contribution in [3.63, 3.8) is 0 Å². The molecule has 0 aliphatic carbocycles. The number of anilines is 1. The van der Waals surface area contributed by atoms with Crippen LogP contribution in [0.2, 0.25) is 0 Å². The van der Waals surface area contributed by atoms with E-state index >= 15 is 0 Å². The number of ether oxygens (including phenoxy) is 3. The molecule has 0 aliphatic heterocycles. The molecule has 2 rings (SSSR count). The number of amides is 1. The van der Waals surface area contributed by atoms with E-state index in [2.05, 4.69) is 5.32 Å². The largest absolute Gasteiger partial charge is 0.493 e. The molecule has 0 fully saturated rings. The third-order valence-corrected chi connectivity index (χ3v) is 4.53. The fraction of sp³-hybridized carbons (Fsp3) is 0.400. The highest BCUT2D eigenvalue weighted by molar-refractivity contribution is 5.98. The predicted octanol–water partition coefficient (Wildman–Crippen LogP) is 4.58. The van der Waals surface area contributed by atoms with Gasteiger partial charge in [0, 0.05) is 24.1 Å². The second kappa shape index (κ2) is 11.3. The highest BCUT2D eigenvalue weighted by atomic mass is 16.6. The van der Waals surface area contributed by atoms with Crippen LogP contribution in [0.25, 0.3) is 0 Å². The van der Waals surface area contributed by atoms with Gasteiger partial charge in [-0.15, -0.1) is 0 Å². The lowest BCUT2D eigenvalue weighted by molar-refractivity contribution is -0.155. The third kappa shape index (κ3) is 8.06. The molecule has 0 atom stereocenters. The van der Waals surface area contributed by atoms with Gasteiger partial charge in [0.2, 0.25) is 5.91 Å². The van der Waals surface area contributed by atoms with Crippen LogP contribution in [-0.4, -0.2) is 37.5 Å². The zero-order chi connectivity index (χ0) is 23.7. The van der Waals surface area contributed by atoms with Crippen LogP contribution in [0, 0.1) is 0 Å². The molecule has 32 heavy (non-hydrogen) atoms. The van der Waals surface area contributed by atoms with Gasteiger partial charge in [-0.3, -0.25) is 14.4 Å². The lowest BCUT2D eigenvalue weighted by Crippen LogP contribution is -2.24. The van der Waals surface area contributed by atoms with Gasteiger partial charge in [0.15, 0.2) is 17.3 Å². The fourth-order valence-electron chi connectivity index (χ4n) is 3.04. The summed E-state index contributed by atoms with van der Waals surface area (Å²) in [4.78, 5) is 36.6. The Balaban J connectivity index is 1.91. The number of hydrogen-bond donors (Lipinski definition) is 1. The molecular weight excluding hydrogens is 410 g/mol. The highest BCUT2D eigenvalue weighted by Gasteiger charge is 2.17. The van der Waals surface area contributed by atoms with E-state index in [9.17, 15) is 14.4 Å². The van der Waals surface area contributed by atoms with Crippen molar-refractivity contribution in [3.05, 3.63) is 53.6 Å². The van der Waals surface area contributed by atoms with Crippen molar-refractivity contribution in [2.45, 2.75) is 52.1 Å². The number of Topliss-reactive ketones (excluding diaryl/α,β-unsaturated/α-hetero) is 1. The maximum atomic E-state index is 12.7. The van der Waals surface area contributed by atoms with Crippen LogP contribution in [0.4, 0.5) is 5.69 Å². The lowest BCUT2D eigenvalue weighted by Gasteiger charge is -2.19. The molecule has 2 aromatic rings. The number of rotatable bonds is 10. The highest BCUT2D eigenvalue weighted by Crippen LogP contribution is 2.28. The molecule has 7 heteroatoms. The summed E-state index contributed by atoms with van der Waals surface area (Å²) in [5.41, 5.74) is 1.40. The molecule has 0 radical (unpaired) electrons. The topological polar surface area (TPSA) is 90.9 Å². The van der Waals surface area contributed by atoms with Crippen molar-refractivity contribution in [3.8, 4) is 11.5 Å². The van der Waals surface area contributed by atoms with Gasteiger partial charge < -0.3 is 19.5 Å². The minimum atomic E-state index is -0.584. The summed E-state index contributed by atoms with van der Waals surface area (Å²) in [5, 5.41) is 2.73. The SMILES string of the molecule is COc1ccc(CCC(=O)c2cccc(NC(=O)CCC(=O)OC(C)(C)C)c2)cc1OC. The first-order valence-electron chi connectivity index (χ1n) is 10.5. The number of benzene rings is 2. The molecule has 0 spiro atoms. The molecular formula is C25H31NO6. The monoisotopic (exact) mass is 441 g/mol. The smallest absolute Gasteiger partial charge is 0.306 e. The van der Waals surface area contributed by atoms with Crippen molar-refractivity contribution < 1.29 is 28.6 Å². The Bertz CT molecular complexity index is 961. The summed E-state index contributed by atoms with van der Waals surface area (Å²) in [6, 6.07) is 12.3. The maximum absolute atomic E-state index is 12.7. The number of ketones is 1. The quantitative estimate of drug-likeness (QED) is 0.429. The second-order valence-corrected chi connectivity index (χ2v) is 8.33. The second-order valence-electron chi connectivity index (χ2n) is 8.33. The first-order valence-corrected chi connectivity index (χ1v) is 10.5. The molecule has 0 bridgehead atoms. The predicted molar refractivity (Wildman–Crippen MR) is 122 cm³/mol. The normalized spacial score (nSPS) is 10.9. The number of methoxy groups -OCH3 is 2. The van der Waals surface area contributed by atoms with Gasteiger partial charge >= 0.3 is 5.97 Å². The Kier molecular flexibility index (Phi) is 8.81. The first kappa shape index (κ1) is 24.9. The maximum Gasteiger partial charge on any atom is 0.306 e. The molecule has 0 saturated heterocycles. The van der Waals surface area contributed by atoms with E-state index in [0.29, 0.717) is 35.6 Å². The number of esters is 1. The summed E-state index contributed by atoms with van der Waals surface area (Å²) < 4.78 is 15.7. The third-order valence-electron chi connectivity index (χ3n) is 4.53. The van der Waals surface area contributed by atoms with Gasteiger partial charge in [-0.05, 0) is 57.0 Å². The van der Waals surface area contributed by atoms with Crippen LogP contribution >= 0.6 is 0 Å². The number of carbonyl (C=O) groups is 3. The Morgan fingerprint density at radius 3 is 2.25 bits per heavy atom. The van der Waals surface area contributed by atoms with Crippen molar-refractivity contribution in [1.82, 2.24) is 0 Å². The van der Waals surface area contributed by atoms with E-state index < -0.39 is 11.6 Å². The van der Waals surface area contributed by atoms with E-state index in [4.69, 9.17) is 14.2 Å². The molecule has 0 unspecified atom stereocenters. The molecule has 2 aromatic carbocycles. The molecule has 0 saturated carbocycles. The molecule has 172 valence electrons. The number of carbonyl (C=O) groups excluding carboxylic acids is 3. The Morgan fingerprint density at radius 2 is 1.59 bits per heavy atom. The molecule has 1 amide bonds. The van der Waals surface area contributed by atoms with Crippen molar-refractivity contribution in [2.75, 3.05) is 19.5 Å². The molecule has 7 nitrogen and oxygen atoms in total. The van der Waals surface area contributed by atoms with E-state index in [1.165, 1.54) is 0 Å². The summed E-state index contributed by atoms with van der Waals surface area (Å²) in [6.07, 6.45) is 0.858. The zero-order valence-electron chi connectivity index (χ0n) is 19.3. The lowest BCUT2D eigenvalue weighted by atomic mass is 10.0. The van der Waals surface area contributed by atoms with Crippen LogP contribution in [0.5, 0.6) is 11.5 Å². The van der Waals surface area contributed by atoms with Crippen molar-refractivity contribution >= 4 is 23.3 Å². The molecule has 0 aromatic heterocycles. The van der Waals surface area contributed by atoms with Crippen molar-refractivity contribution in [2.24, 2.45) is 0 Å². The van der Waals surface area contributed by atoms with Gasteiger partial charge in [0.1, 0.15) is 5.60 Å². The number of nitrogens with one attached hydrogen (secondary N) is 1. The first-order chi connectivity index (χ1) is 15.1. The van der Waals surface area contributed by atoms with Gasteiger partial charge in [0.05, 0.1) is 20.6 Å². The van der Waals surface area contributed by atoms with Crippen LogP contribution in [0.15, 0.2) is 42.5 Å². The van der Waals surface area contributed by atoms with Gasteiger partial charge in [0.25, 0.3) is 0 Å². The molecule has 0 aliphatic rings. The minimum Gasteiger partial charge on any atom is -0.493 e. The van der Waals surface area contributed by atoms with Crippen LogP contribution < -0.4 is 14.8 Å². The Morgan fingerprint density at radius 1 is 0.875 bits per heavy atom. The van der Waals surface area contributed by atoms with Crippen LogP contribution in [0.1, 0.15) is 56.0 Å². The summed E-state index contributed by atoms with van der Waals surface area (Å²) >= 11 is 0. The van der Waals surface area contributed by atoms with Gasteiger partial charge in [-0.25, -0.2) is 0 Å².